The lowest BCUT2D eigenvalue weighted by molar-refractivity contribution is -0.0469. The van der Waals surface area contributed by atoms with E-state index in [0.29, 0.717) is 18.5 Å². The zero-order valence-corrected chi connectivity index (χ0v) is 10.1. The fourth-order valence-corrected chi connectivity index (χ4v) is 2.80. The molecule has 0 saturated heterocycles. The Morgan fingerprint density at radius 1 is 1.44 bits per heavy atom. The quantitative estimate of drug-likeness (QED) is 0.885. The first-order valence-electron chi connectivity index (χ1n) is 7.71. The molecule has 0 spiro atoms. The number of methoxy groups -OCH3 is 1. The first-order valence-corrected chi connectivity index (χ1v) is 6.21. The van der Waals surface area contributed by atoms with Gasteiger partial charge in [-0.3, -0.25) is 0 Å². The van der Waals surface area contributed by atoms with Gasteiger partial charge in [-0.2, -0.15) is 0 Å². The van der Waals surface area contributed by atoms with E-state index in [-0.39, 0.29) is 5.95 Å². The Bertz CT molecular complexity index is 646. The summed E-state index contributed by atoms with van der Waals surface area (Å²) in [5, 5.41) is 4.11. The van der Waals surface area contributed by atoms with Crippen molar-refractivity contribution >= 4 is 11.5 Å². The maximum atomic E-state index is 7.50. The first-order chi connectivity index (χ1) is 9.90. The summed E-state index contributed by atoms with van der Waals surface area (Å²) in [6.07, 6.45) is 5.91. The second kappa shape index (κ2) is 4.24. The Kier molecular flexibility index (Phi) is 2.00. The summed E-state index contributed by atoms with van der Waals surface area (Å²) in [7, 11) is -2.47. The number of nitrogens with two attached hydrogens (primary N) is 1. The second-order valence-electron chi connectivity index (χ2n) is 4.81. The van der Waals surface area contributed by atoms with E-state index >= 15 is 0 Å². The van der Waals surface area contributed by atoms with Gasteiger partial charge >= 0.3 is 0 Å². The van der Waals surface area contributed by atoms with Crippen LogP contribution >= 0.6 is 0 Å². The van der Waals surface area contributed by atoms with Crippen molar-refractivity contribution in [2.24, 2.45) is 0 Å². The molecule has 3 rings (SSSR count). The van der Waals surface area contributed by atoms with Crippen molar-refractivity contribution in [3.63, 3.8) is 0 Å². The van der Waals surface area contributed by atoms with Crippen LogP contribution in [0.4, 0.5) is 5.95 Å². The monoisotopic (exact) mass is 249 g/mol. The van der Waals surface area contributed by atoms with Crippen LogP contribution in [0, 0.1) is 0 Å². The van der Waals surface area contributed by atoms with Gasteiger partial charge in [-0.05, 0) is 25.0 Å². The average Bonchev–Trinajstić information content (AvgIpc) is 2.84. The summed E-state index contributed by atoms with van der Waals surface area (Å²) in [6, 6.07) is 3.69. The van der Waals surface area contributed by atoms with E-state index in [1.165, 1.54) is 0 Å². The molecular formula is C13H18N4O. The molecule has 1 aliphatic carbocycles. The molecule has 5 nitrogen and oxygen atoms in total. The minimum atomic E-state index is -2.47. The molecule has 5 heteroatoms. The Labute approximate surface area is 110 Å². The number of hydrogen-bond donors (Lipinski definition) is 1. The molecule has 96 valence electrons. The lowest BCUT2D eigenvalue weighted by atomic mass is 9.81. The highest BCUT2D eigenvalue weighted by atomic mass is 16.5. The van der Waals surface area contributed by atoms with Gasteiger partial charge in [-0.15, -0.1) is 5.10 Å². The molecule has 0 aromatic carbocycles. The Morgan fingerprint density at radius 2 is 2.28 bits per heavy atom. The summed E-state index contributed by atoms with van der Waals surface area (Å²) in [4.78, 5) is 4.32. The van der Waals surface area contributed by atoms with Gasteiger partial charge in [0.15, 0.2) is 0 Å². The van der Waals surface area contributed by atoms with Crippen LogP contribution in [0.5, 0.6) is 0 Å². The molecule has 1 aliphatic rings. The third-order valence-electron chi connectivity index (χ3n) is 3.70. The van der Waals surface area contributed by atoms with Crippen molar-refractivity contribution in [2.75, 3.05) is 12.8 Å². The van der Waals surface area contributed by atoms with Crippen molar-refractivity contribution in [3.05, 3.63) is 24.0 Å². The Balaban J connectivity index is 2.16. The average molecular weight is 249 g/mol. The van der Waals surface area contributed by atoms with E-state index in [0.717, 1.165) is 24.8 Å². The van der Waals surface area contributed by atoms with Crippen LogP contribution in [-0.2, 0) is 10.3 Å². The highest BCUT2D eigenvalue weighted by molar-refractivity contribution is 5.55. The first kappa shape index (κ1) is 8.48. The molecular weight excluding hydrogens is 228 g/mol. The van der Waals surface area contributed by atoms with Gasteiger partial charge in [0.1, 0.15) is 11.3 Å². The van der Waals surface area contributed by atoms with Gasteiger partial charge in [-0.1, -0.05) is 19.3 Å². The van der Waals surface area contributed by atoms with Crippen LogP contribution in [0.25, 0.3) is 5.52 Å². The van der Waals surface area contributed by atoms with Crippen LogP contribution in [-0.4, -0.2) is 21.6 Å². The number of rotatable bonds is 2. The molecule has 0 aliphatic heterocycles. The van der Waals surface area contributed by atoms with Crippen molar-refractivity contribution < 1.29 is 8.85 Å². The minimum absolute atomic E-state index is 0.118. The lowest BCUT2D eigenvalue weighted by Crippen LogP contribution is -2.33. The summed E-state index contributed by atoms with van der Waals surface area (Å²) in [6.45, 7) is 0. The number of nitrogen functional groups attached to an aromatic ring is 1. The smallest absolute Gasteiger partial charge is 0.238 e. The summed E-state index contributed by atoms with van der Waals surface area (Å²) >= 11 is 0. The van der Waals surface area contributed by atoms with Crippen molar-refractivity contribution in [3.8, 4) is 0 Å². The van der Waals surface area contributed by atoms with Gasteiger partial charge in [0, 0.05) is 13.2 Å². The van der Waals surface area contributed by atoms with Crippen molar-refractivity contribution in [2.45, 2.75) is 37.7 Å². The molecule has 2 heterocycles. The van der Waals surface area contributed by atoms with E-state index in [9.17, 15) is 0 Å². The Morgan fingerprint density at radius 3 is 3.06 bits per heavy atom. The standard InChI is InChI=1S/C13H18N4O/c1-18-13(7-3-2-4-8-13)11-10-6-5-9-17(10)16-12(14)15-11/h5-6,9H,2-4,7-8H2,1H3,(H2,14,16)/i1D3. The zero-order chi connectivity index (χ0) is 15.1. The molecule has 18 heavy (non-hydrogen) atoms. The Hall–Kier alpha value is -1.62. The number of fused-ring (bicyclic) bond motifs is 1. The molecule has 0 bridgehead atoms. The zero-order valence-electron chi connectivity index (χ0n) is 13.1. The maximum absolute atomic E-state index is 7.50. The normalized spacial score (nSPS) is 22.3. The molecule has 2 aromatic heterocycles. The fraction of sp³-hybridized carbons (Fsp3) is 0.538. The van der Waals surface area contributed by atoms with Crippen molar-refractivity contribution in [1.82, 2.24) is 14.6 Å². The number of aromatic nitrogens is 3. The molecule has 2 aromatic rings. The number of ether oxygens (including phenoxy) is 1. The molecule has 0 radical (unpaired) electrons. The number of hydrogen-bond acceptors (Lipinski definition) is 4. The lowest BCUT2D eigenvalue weighted by Gasteiger charge is -2.35. The second-order valence-corrected chi connectivity index (χ2v) is 4.81. The van der Waals surface area contributed by atoms with Crippen LogP contribution in [0.3, 0.4) is 0 Å². The van der Waals surface area contributed by atoms with Gasteiger partial charge in [-0.25, -0.2) is 9.50 Å². The third kappa shape index (κ3) is 1.66. The number of anilines is 1. The predicted octanol–water partition coefficient (Wildman–Crippen LogP) is 2.12. The summed E-state index contributed by atoms with van der Waals surface area (Å²) in [5.41, 5.74) is 6.18. The molecule has 1 fully saturated rings. The molecule has 2 N–H and O–H groups in total. The molecule has 0 unspecified atom stereocenters. The van der Waals surface area contributed by atoms with Crippen molar-refractivity contribution in [1.29, 1.82) is 0 Å². The summed E-state index contributed by atoms with van der Waals surface area (Å²) < 4.78 is 29.6. The number of nitrogens with zero attached hydrogens (tertiary/aromatic N) is 3. The highest BCUT2D eigenvalue weighted by Gasteiger charge is 2.37. The van der Waals surface area contributed by atoms with E-state index in [2.05, 4.69) is 10.1 Å². The molecule has 0 amide bonds. The predicted molar refractivity (Wildman–Crippen MR) is 69.2 cm³/mol. The molecule has 1 saturated carbocycles. The van der Waals surface area contributed by atoms with Gasteiger partial charge in [0.25, 0.3) is 0 Å². The largest absolute Gasteiger partial charge is 0.372 e. The van der Waals surface area contributed by atoms with E-state index in [4.69, 9.17) is 14.6 Å². The topological polar surface area (TPSA) is 65.4 Å². The van der Waals surface area contributed by atoms with E-state index in [1.54, 1.807) is 10.7 Å². The SMILES string of the molecule is [2H]C([2H])([2H])OC1(c2nc(N)nn3cccc23)CCCCC1. The van der Waals surface area contributed by atoms with Gasteiger partial charge < -0.3 is 10.5 Å². The third-order valence-corrected chi connectivity index (χ3v) is 3.70. The van der Waals surface area contributed by atoms with Crippen LogP contribution in [0.1, 0.15) is 41.9 Å². The van der Waals surface area contributed by atoms with Crippen LogP contribution in [0.2, 0.25) is 0 Å². The van der Waals surface area contributed by atoms with Crippen LogP contribution in [0.15, 0.2) is 18.3 Å². The molecule has 0 atom stereocenters. The minimum Gasteiger partial charge on any atom is -0.372 e. The van der Waals surface area contributed by atoms with Crippen LogP contribution < -0.4 is 5.73 Å². The van der Waals surface area contributed by atoms with E-state index < -0.39 is 12.6 Å². The maximum Gasteiger partial charge on any atom is 0.238 e. The summed E-state index contributed by atoms with van der Waals surface area (Å²) in [5.74, 6) is 0.118. The highest BCUT2D eigenvalue weighted by Crippen LogP contribution is 2.40. The van der Waals surface area contributed by atoms with E-state index in [1.807, 2.05) is 12.1 Å². The van der Waals surface area contributed by atoms with Gasteiger partial charge in [0.2, 0.25) is 5.95 Å². The van der Waals surface area contributed by atoms with Gasteiger partial charge in [0.05, 0.1) is 9.63 Å². The fourth-order valence-electron chi connectivity index (χ4n) is 2.80.